The van der Waals surface area contributed by atoms with Gasteiger partial charge in [-0.25, -0.2) is 0 Å². The number of cyclic esters (lactones) is 1. The molecule has 3 saturated heterocycles. The van der Waals surface area contributed by atoms with Crippen molar-refractivity contribution in [3.05, 3.63) is 0 Å². The van der Waals surface area contributed by atoms with Gasteiger partial charge in [0, 0.05) is 45.0 Å². The Morgan fingerprint density at radius 1 is 0.889 bits per heavy atom. The van der Waals surface area contributed by atoms with E-state index in [-0.39, 0.29) is 38.1 Å². The summed E-state index contributed by atoms with van der Waals surface area (Å²) >= 11 is 0. The Hall–Kier alpha value is -1.05. The number of methoxy groups -OCH3 is 1. The molecule has 0 aromatic heterocycles. The van der Waals surface area contributed by atoms with Crippen LogP contribution in [0.2, 0.25) is 0 Å². The molecular formula is C39H74N2O13. The summed E-state index contributed by atoms with van der Waals surface area (Å²) in [5.41, 5.74) is -6.12. The number of hydrogen-bond acceptors (Lipinski definition) is 15. The molecular weight excluding hydrogens is 704 g/mol. The Morgan fingerprint density at radius 2 is 1.50 bits per heavy atom. The lowest BCUT2D eigenvalue weighted by molar-refractivity contribution is -0.333. The van der Waals surface area contributed by atoms with Crippen LogP contribution in [0.4, 0.5) is 0 Å². The fourth-order valence-corrected chi connectivity index (χ4v) is 9.12. The van der Waals surface area contributed by atoms with Crippen LogP contribution in [-0.2, 0) is 33.2 Å². The predicted molar refractivity (Wildman–Crippen MR) is 200 cm³/mol. The number of ether oxygens (including phenoxy) is 6. The van der Waals surface area contributed by atoms with Gasteiger partial charge in [-0.3, -0.25) is 4.79 Å². The Labute approximate surface area is 323 Å². The van der Waals surface area contributed by atoms with Gasteiger partial charge in [-0.15, -0.1) is 0 Å². The topological polar surface area (TPSA) is 200 Å². The molecule has 54 heavy (non-hydrogen) atoms. The lowest BCUT2D eigenvalue weighted by Gasteiger charge is -2.50. The van der Waals surface area contributed by atoms with Gasteiger partial charge in [0.25, 0.3) is 0 Å². The van der Waals surface area contributed by atoms with E-state index >= 15 is 0 Å². The minimum absolute atomic E-state index is 0.0984. The molecule has 18 atom stereocenters. The van der Waals surface area contributed by atoms with Gasteiger partial charge in [0.1, 0.15) is 35.6 Å². The van der Waals surface area contributed by atoms with E-state index in [1.54, 1.807) is 74.4 Å². The van der Waals surface area contributed by atoms with Crippen LogP contribution in [0.1, 0.15) is 94.9 Å². The number of likely N-dealkylation sites (N-methyl/N-ethyl adjacent to an activating group) is 2. The maximum Gasteiger partial charge on any atom is 0.311 e. The van der Waals surface area contributed by atoms with Gasteiger partial charge >= 0.3 is 5.97 Å². The van der Waals surface area contributed by atoms with E-state index in [1.165, 1.54) is 14.0 Å². The van der Waals surface area contributed by atoms with Crippen LogP contribution >= 0.6 is 0 Å². The standard InChI is InChI=1S/C39H74N2O13/c1-15-27-38(10,47)30(42)25(6)41(13)19-21(2)16-36(8,46)33(54-35-32(44)39(48,20-40(11)12)17-22(3)50-35)23(4)29(24(5)34(45)52-27)53-28-18-37(9,49-14)31(43)26(7)51-28/h21-33,35,42-44,46-48H,15-20H2,1-14H3/t21-,22-,23+,24-,25-,26+,27-,28+,29+,30-,31+,32+,33-,35+,36-,37-,38-,39+/m1/s1. The van der Waals surface area contributed by atoms with Crippen molar-refractivity contribution in [3.8, 4) is 0 Å². The summed E-state index contributed by atoms with van der Waals surface area (Å²) in [5.74, 6) is -2.82. The number of hydrogen-bond donors (Lipinski definition) is 6. The zero-order valence-corrected chi connectivity index (χ0v) is 35.3. The van der Waals surface area contributed by atoms with E-state index < -0.39 is 108 Å². The van der Waals surface area contributed by atoms with Gasteiger partial charge in [0.2, 0.25) is 0 Å². The molecule has 3 fully saturated rings. The molecule has 0 bridgehead atoms. The van der Waals surface area contributed by atoms with E-state index in [2.05, 4.69) is 0 Å². The third kappa shape index (κ3) is 10.5. The molecule has 6 N–H and O–H groups in total. The smallest absolute Gasteiger partial charge is 0.311 e. The summed E-state index contributed by atoms with van der Waals surface area (Å²) in [6.07, 6.45) is -10.1. The number of carbonyl (C=O) groups is 1. The zero-order valence-electron chi connectivity index (χ0n) is 35.3. The molecule has 15 heteroatoms. The van der Waals surface area contributed by atoms with Crippen LogP contribution in [-0.4, -0.2) is 178 Å². The predicted octanol–water partition coefficient (Wildman–Crippen LogP) is 1.26. The second-order valence-electron chi connectivity index (χ2n) is 17.9. The second kappa shape index (κ2) is 18.3. The highest BCUT2D eigenvalue weighted by Gasteiger charge is 2.54. The molecule has 0 aliphatic carbocycles. The van der Waals surface area contributed by atoms with E-state index in [4.69, 9.17) is 28.4 Å². The van der Waals surface area contributed by atoms with E-state index in [0.29, 0.717) is 6.54 Å². The average Bonchev–Trinajstić information content (AvgIpc) is 3.06. The summed E-state index contributed by atoms with van der Waals surface area (Å²) in [6, 6.07) is -0.567. The molecule has 0 aromatic carbocycles. The third-order valence-corrected chi connectivity index (χ3v) is 12.3. The molecule has 0 saturated carbocycles. The largest absolute Gasteiger partial charge is 0.459 e. The van der Waals surface area contributed by atoms with Crippen molar-refractivity contribution in [1.29, 1.82) is 0 Å². The SMILES string of the molecule is CC[C@H]1OC(=O)[C@H](C)[C@@H](O[C@H]2C[C@@](C)(OC)[C@@H](O)[C@H](C)O2)[C@H](C)[C@@H](O[C@@H]2O[C@H](C)C[C@](O)(CN(C)C)[C@H]2O)[C@](C)(O)C[C@@H](C)CN(C)[C@H](C)[C@@H](O)[C@]1(C)O. The number of carbonyl (C=O) groups excluding carboxylic acids is 1. The molecule has 0 aromatic rings. The van der Waals surface area contributed by atoms with Crippen LogP contribution in [0.3, 0.4) is 0 Å². The van der Waals surface area contributed by atoms with Gasteiger partial charge in [-0.2, -0.15) is 0 Å². The van der Waals surface area contributed by atoms with Crippen LogP contribution in [0.5, 0.6) is 0 Å². The van der Waals surface area contributed by atoms with Crippen LogP contribution < -0.4 is 0 Å². The van der Waals surface area contributed by atoms with Crippen molar-refractivity contribution in [2.24, 2.45) is 17.8 Å². The summed E-state index contributed by atoms with van der Waals surface area (Å²) < 4.78 is 37.4. The van der Waals surface area contributed by atoms with Crippen LogP contribution in [0.15, 0.2) is 0 Å². The quantitative estimate of drug-likeness (QED) is 0.192. The van der Waals surface area contributed by atoms with Crippen molar-refractivity contribution in [3.63, 3.8) is 0 Å². The Balaban J connectivity index is 2.19. The number of esters is 1. The van der Waals surface area contributed by atoms with Gasteiger partial charge in [-0.1, -0.05) is 20.8 Å². The monoisotopic (exact) mass is 779 g/mol. The van der Waals surface area contributed by atoms with Crippen molar-refractivity contribution >= 4 is 5.97 Å². The van der Waals surface area contributed by atoms with E-state index in [9.17, 15) is 35.4 Å². The van der Waals surface area contributed by atoms with Gasteiger partial charge in [0.05, 0.1) is 41.5 Å². The molecule has 0 amide bonds. The van der Waals surface area contributed by atoms with Crippen LogP contribution in [0, 0.1) is 17.8 Å². The normalized spacial score (nSPS) is 49.6. The van der Waals surface area contributed by atoms with Crippen molar-refractivity contribution < 1.29 is 63.9 Å². The highest BCUT2D eigenvalue weighted by molar-refractivity contribution is 5.73. The molecule has 318 valence electrons. The molecule has 3 aliphatic heterocycles. The lowest BCUT2D eigenvalue weighted by atomic mass is 9.77. The average molecular weight is 779 g/mol. The number of rotatable bonds is 8. The first-order valence-corrected chi connectivity index (χ1v) is 19.7. The maximum absolute atomic E-state index is 14.2. The molecule has 0 unspecified atom stereocenters. The fourth-order valence-electron chi connectivity index (χ4n) is 9.12. The van der Waals surface area contributed by atoms with Gasteiger partial charge in [-0.05, 0) is 88.4 Å². The van der Waals surface area contributed by atoms with Crippen molar-refractivity contribution in [2.45, 2.75) is 185 Å². The lowest BCUT2D eigenvalue weighted by Crippen LogP contribution is -2.64. The maximum atomic E-state index is 14.2. The highest BCUT2D eigenvalue weighted by atomic mass is 16.7. The first-order valence-electron chi connectivity index (χ1n) is 19.7. The van der Waals surface area contributed by atoms with E-state index in [1.807, 2.05) is 18.9 Å². The molecule has 0 radical (unpaired) electrons. The molecule has 3 heterocycles. The van der Waals surface area contributed by atoms with Crippen LogP contribution in [0.25, 0.3) is 0 Å². The van der Waals surface area contributed by atoms with E-state index in [0.717, 1.165) is 0 Å². The number of aliphatic hydroxyl groups is 6. The van der Waals surface area contributed by atoms with Gasteiger partial charge < -0.3 is 68.9 Å². The zero-order chi connectivity index (χ0) is 41.3. The third-order valence-electron chi connectivity index (χ3n) is 12.3. The summed E-state index contributed by atoms with van der Waals surface area (Å²) in [7, 11) is 6.89. The van der Waals surface area contributed by atoms with Crippen molar-refractivity contribution in [1.82, 2.24) is 9.80 Å². The molecule has 3 aliphatic rings. The van der Waals surface area contributed by atoms with Crippen molar-refractivity contribution in [2.75, 3.05) is 41.3 Å². The first kappa shape index (κ1) is 47.3. The second-order valence-corrected chi connectivity index (χ2v) is 17.9. The summed E-state index contributed by atoms with van der Waals surface area (Å²) in [5, 5.41) is 70.0. The molecule has 15 nitrogen and oxygen atoms in total. The number of nitrogens with zero attached hydrogens (tertiary/aromatic N) is 2. The number of aliphatic hydroxyl groups excluding tert-OH is 3. The first-order chi connectivity index (χ1) is 24.7. The Morgan fingerprint density at radius 3 is 2.06 bits per heavy atom. The summed E-state index contributed by atoms with van der Waals surface area (Å²) in [6.45, 7) is 17.7. The minimum atomic E-state index is -1.83. The highest BCUT2D eigenvalue weighted by Crippen LogP contribution is 2.41. The summed E-state index contributed by atoms with van der Waals surface area (Å²) in [4.78, 5) is 17.9. The Bertz CT molecular complexity index is 1210. The molecule has 3 rings (SSSR count). The Kier molecular flexibility index (Phi) is 16.0. The molecule has 0 spiro atoms. The minimum Gasteiger partial charge on any atom is -0.459 e. The van der Waals surface area contributed by atoms with Gasteiger partial charge in [0.15, 0.2) is 12.6 Å². The fraction of sp³-hybridized carbons (Fsp3) is 0.974.